The maximum absolute atomic E-state index is 12.2. The van der Waals surface area contributed by atoms with Crippen molar-refractivity contribution in [2.75, 3.05) is 19.6 Å². The van der Waals surface area contributed by atoms with Crippen molar-refractivity contribution in [3.63, 3.8) is 0 Å². The third kappa shape index (κ3) is 6.59. The van der Waals surface area contributed by atoms with Gasteiger partial charge in [0.05, 0.1) is 0 Å². The summed E-state index contributed by atoms with van der Waals surface area (Å²) in [5, 5.41) is 2.56. The largest absolute Gasteiger partial charge is 0.444 e. The van der Waals surface area contributed by atoms with E-state index in [1.54, 1.807) is 4.90 Å². The summed E-state index contributed by atoms with van der Waals surface area (Å²) < 4.78 is 10.4. The quantitative estimate of drug-likeness (QED) is 0.560. The third-order valence-corrected chi connectivity index (χ3v) is 4.66. The van der Waals surface area contributed by atoms with Crippen molar-refractivity contribution in [2.45, 2.75) is 19.6 Å². The molecule has 3 N–H and O–H groups in total. The van der Waals surface area contributed by atoms with Gasteiger partial charge in [0.2, 0.25) is 5.96 Å². The van der Waals surface area contributed by atoms with Crippen LogP contribution in [0.4, 0.5) is 9.59 Å². The van der Waals surface area contributed by atoms with Crippen LogP contribution in [0.1, 0.15) is 17.5 Å². The average Bonchev–Trinajstić information content (AvgIpc) is 2.74. The summed E-state index contributed by atoms with van der Waals surface area (Å²) in [6, 6.07) is 18.6. The molecule has 1 fully saturated rings. The van der Waals surface area contributed by atoms with Crippen LogP contribution in [0.25, 0.3) is 0 Å². The monoisotopic (exact) mass is 410 g/mol. The summed E-state index contributed by atoms with van der Waals surface area (Å²) in [7, 11) is 0. The minimum absolute atomic E-state index is 0.102. The van der Waals surface area contributed by atoms with Gasteiger partial charge in [0.1, 0.15) is 13.2 Å². The topological polar surface area (TPSA) is 106 Å². The lowest BCUT2D eigenvalue weighted by Crippen LogP contribution is -2.56. The minimum Gasteiger partial charge on any atom is -0.444 e. The molecule has 8 heteroatoms. The number of likely N-dealkylation sites (tertiary alicyclic amines) is 1. The number of nitrogens with one attached hydrogen (secondary N) is 1. The Morgan fingerprint density at radius 2 is 1.53 bits per heavy atom. The minimum atomic E-state index is -0.778. The fourth-order valence-electron chi connectivity index (χ4n) is 3.03. The predicted octanol–water partition coefficient (Wildman–Crippen LogP) is 2.89. The van der Waals surface area contributed by atoms with Gasteiger partial charge >= 0.3 is 12.2 Å². The normalized spacial score (nSPS) is 14.0. The molecule has 0 bridgehead atoms. The molecule has 0 aliphatic carbocycles. The van der Waals surface area contributed by atoms with E-state index in [0.717, 1.165) is 17.5 Å². The number of ether oxygens (including phenoxy) is 2. The van der Waals surface area contributed by atoms with Gasteiger partial charge in [-0.3, -0.25) is 5.32 Å². The van der Waals surface area contributed by atoms with Crippen LogP contribution >= 0.6 is 0 Å². The van der Waals surface area contributed by atoms with E-state index in [1.165, 1.54) is 0 Å². The number of rotatable bonds is 6. The lowest BCUT2D eigenvalue weighted by molar-refractivity contribution is 0.135. The second-order valence-corrected chi connectivity index (χ2v) is 7.01. The highest BCUT2D eigenvalue weighted by Gasteiger charge is 2.30. The van der Waals surface area contributed by atoms with Crippen molar-refractivity contribution < 1.29 is 19.1 Å². The Kier molecular flexibility index (Phi) is 7.79. The van der Waals surface area contributed by atoms with Gasteiger partial charge in [-0.15, -0.1) is 4.99 Å². The van der Waals surface area contributed by atoms with E-state index in [0.29, 0.717) is 25.6 Å². The number of amides is 2. The van der Waals surface area contributed by atoms with Crippen molar-refractivity contribution in [1.82, 2.24) is 10.2 Å². The second-order valence-electron chi connectivity index (χ2n) is 7.01. The molecule has 158 valence electrons. The van der Waals surface area contributed by atoms with Gasteiger partial charge in [-0.1, -0.05) is 60.7 Å². The number of guanidine groups is 1. The predicted molar refractivity (Wildman–Crippen MR) is 113 cm³/mol. The molecule has 0 radical (unpaired) electrons. The molecular weight excluding hydrogens is 384 g/mol. The first-order valence-electron chi connectivity index (χ1n) is 9.86. The summed E-state index contributed by atoms with van der Waals surface area (Å²) in [4.78, 5) is 30.2. The Balaban J connectivity index is 1.57. The van der Waals surface area contributed by atoms with Crippen LogP contribution in [0.3, 0.4) is 0 Å². The second kappa shape index (κ2) is 11.0. The summed E-state index contributed by atoms with van der Waals surface area (Å²) >= 11 is 0. The molecule has 2 aromatic carbocycles. The number of nitrogens with two attached hydrogens (primary N) is 1. The number of benzene rings is 2. The van der Waals surface area contributed by atoms with E-state index in [2.05, 4.69) is 10.3 Å². The lowest BCUT2D eigenvalue weighted by Gasteiger charge is -2.40. The number of alkyl carbamates (subject to hydrolysis) is 1. The molecule has 1 heterocycles. The molecule has 8 nitrogen and oxygen atoms in total. The highest BCUT2D eigenvalue weighted by Crippen LogP contribution is 2.18. The molecule has 0 saturated carbocycles. The SMILES string of the molecule is NCCC1CN(C(=NC(=O)OCc2ccccc2)NC(=O)OCc2ccccc2)C1. The summed E-state index contributed by atoms with van der Waals surface area (Å²) in [5.74, 6) is 0.530. The zero-order chi connectivity index (χ0) is 21.2. The molecule has 2 amide bonds. The van der Waals surface area contributed by atoms with Gasteiger partial charge in [0.15, 0.2) is 0 Å². The Labute approximate surface area is 175 Å². The number of aliphatic imine (C=N–C) groups is 1. The number of carbonyl (C=O) groups excluding carboxylic acids is 2. The van der Waals surface area contributed by atoms with Gasteiger partial charge in [0.25, 0.3) is 0 Å². The fraction of sp³-hybridized carbons (Fsp3) is 0.318. The standard InChI is InChI=1S/C22H26N4O4/c23-12-11-19-13-26(14-19)20(24-21(27)29-15-17-7-3-1-4-8-17)25-22(28)30-16-18-9-5-2-6-10-18/h1-10,19H,11-16,23H2,(H,24,25,27,28). The fourth-order valence-corrected chi connectivity index (χ4v) is 3.03. The molecule has 0 unspecified atom stereocenters. The molecule has 0 spiro atoms. The van der Waals surface area contributed by atoms with Crippen LogP contribution in [0.15, 0.2) is 65.7 Å². The average molecular weight is 410 g/mol. The van der Waals surface area contributed by atoms with E-state index in [1.807, 2.05) is 60.7 Å². The Hall–Kier alpha value is -3.39. The maximum Gasteiger partial charge on any atom is 0.437 e. The number of nitrogens with zero attached hydrogens (tertiary/aromatic N) is 2. The van der Waals surface area contributed by atoms with Crippen molar-refractivity contribution in [3.05, 3.63) is 71.8 Å². The summed E-state index contributed by atoms with van der Waals surface area (Å²) in [5.41, 5.74) is 7.31. The van der Waals surface area contributed by atoms with Crippen LogP contribution in [-0.2, 0) is 22.7 Å². The highest BCUT2D eigenvalue weighted by atomic mass is 16.6. The molecular formula is C22H26N4O4. The Bertz CT molecular complexity index is 852. The molecule has 0 aromatic heterocycles. The van der Waals surface area contributed by atoms with Gasteiger partial charge in [-0.25, -0.2) is 9.59 Å². The third-order valence-electron chi connectivity index (χ3n) is 4.66. The van der Waals surface area contributed by atoms with Gasteiger partial charge in [-0.05, 0) is 30.0 Å². The molecule has 1 aliphatic heterocycles. The van der Waals surface area contributed by atoms with Gasteiger partial charge in [0, 0.05) is 13.1 Å². The van der Waals surface area contributed by atoms with Crippen LogP contribution in [0.2, 0.25) is 0 Å². The smallest absolute Gasteiger partial charge is 0.437 e. The summed E-state index contributed by atoms with van der Waals surface area (Å²) in [6.45, 7) is 2.12. The zero-order valence-corrected chi connectivity index (χ0v) is 16.7. The zero-order valence-electron chi connectivity index (χ0n) is 16.7. The number of carbonyl (C=O) groups is 2. The van der Waals surface area contributed by atoms with E-state index in [9.17, 15) is 9.59 Å². The molecule has 0 atom stereocenters. The van der Waals surface area contributed by atoms with Gasteiger partial charge < -0.3 is 20.1 Å². The van der Waals surface area contributed by atoms with Crippen molar-refractivity contribution in [3.8, 4) is 0 Å². The van der Waals surface area contributed by atoms with Crippen molar-refractivity contribution in [1.29, 1.82) is 0 Å². The highest BCUT2D eigenvalue weighted by molar-refractivity contribution is 5.99. The first-order chi connectivity index (χ1) is 14.6. The maximum atomic E-state index is 12.2. The Morgan fingerprint density at radius 3 is 2.10 bits per heavy atom. The molecule has 1 saturated heterocycles. The lowest BCUT2D eigenvalue weighted by atomic mass is 9.97. The molecule has 30 heavy (non-hydrogen) atoms. The van der Waals surface area contributed by atoms with Crippen molar-refractivity contribution in [2.24, 2.45) is 16.6 Å². The number of hydrogen-bond acceptors (Lipinski definition) is 5. The first kappa shape index (κ1) is 21.3. The van der Waals surface area contributed by atoms with E-state index in [4.69, 9.17) is 15.2 Å². The van der Waals surface area contributed by atoms with Crippen LogP contribution in [0, 0.1) is 5.92 Å². The number of hydrogen-bond donors (Lipinski definition) is 2. The molecule has 2 aromatic rings. The van der Waals surface area contributed by atoms with Crippen molar-refractivity contribution >= 4 is 18.1 Å². The Morgan fingerprint density at radius 1 is 0.967 bits per heavy atom. The van der Waals surface area contributed by atoms with E-state index in [-0.39, 0.29) is 19.2 Å². The molecule has 1 aliphatic rings. The molecule has 3 rings (SSSR count). The van der Waals surface area contributed by atoms with E-state index >= 15 is 0 Å². The summed E-state index contributed by atoms with van der Waals surface area (Å²) in [6.07, 6.45) is -0.587. The van der Waals surface area contributed by atoms with Crippen LogP contribution < -0.4 is 11.1 Å². The van der Waals surface area contributed by atoms with Crippen LogP contribution in [0.5, 0.6) is 0 Å². The van der Waals surface area contributed by atoms with Gasteiger partial charge in [-0.2, -0.15) is 0 Å². The van der Waals surface area contributed by atoms with E-state index < -0.39 is 12.2 Å². The van der Waals surface area contributed by atoms with Crippen LogP contribution in [-0.4, -0.2) is 42.7 Å². The first-order valence-corrected chi connectivity index (χ1v) is 9.86.